The van der Waals surface area contributed by atoms with Crippen molar-refractivity contribution in [1.29, 1.82) is 0 Å². The monoisotopic (exact) mass is 122 g/mol. The van der Waals surface area contributed by atoms with Crippen molar-refractivity contribution in [3.05, 3.63) is 0 Å². The molecule has 0 aliphatic carbocycles. The van der Waals surface area contributed by atoms with Gasteiger partial charge in [-0.05, 0) is 6.92 Å². The van der Waals surface area contributed by atoms with Gasteiger partial charge >= 0.3 is 16.8 Å². The van der Waals surface area contributed by atoms with E-state index in [1.54, 1.807) is 6.92 Å². The molecule has 0 saturated carbocycles. The van der Waals surface area contributed by atoms with Gasteiger partial charge in [-0.2, -0.15) is 0 Å². The van der Waals surface area contributed by atoms with Gasteiger partial charge < -0.3 is 11.3 Å². The van der Waals surface area contributed by atoms with Gasteiger partial charge in [0.15, 0.2) is 0 Å². The Kier molecular flexibility index (Phi) is 92.2. The normalized spacial score (nSPS) is 3.60. The molecule has 0 bridgehead atoms. The van der Waals surface area contributed by atoms with Crippen LogP contribution in [0.2, 0.25) is 0 Å². The number of aliphatic hydroxyl groups excluding tert-OH is 1. The van der Waals surface area contributed by atoms with Gasteiger partial charge in [-0.25, -0.2) is 0 Å². The molecule has 0 aliphatic heterocycles. The fraction of sp³-hybridized carbons (Fsp3) is 1.00. The summed E-state index contributed by atoms with van der Waals surface area (Å²) in [6.07, 6.45) is 0. The average Bonchev–Trinajstić information content (AvgIpc) is 0.918. The predicted octanol–water partition coefficient (Wildman–Crippen LogP) is 0.158. The molecule has 4 N–H and O–H groups in total. The second kappa shape index (κ2) is 25.5. The predicted molar refractivity (Wildman–Crippen MR) is 17.8 cm³/mol. The minimum atomic E-state index is 0. The standard InChI is InChI=1S/C2H6O.Co.H3N/c1-2-3;;/h3H,2H2,1H3;;1H3/q;+2;. The van der Waals surface area contributed by atoms with Crippen molar-refractivity contribution in [2.24, 2.45) is 0 Å². The maximum atomic E-state index is 7.57. The van der Waals surface area contributed by atoms with E-state index in [2.05, 4.69) is 0 Å². The quantitative estimate of drug-likeness (QED) is 0.480. The van der Waals surface area contributed by atoms with Gasteiger partial charge in [0.2, 0.25) is 0 Å². The van der Waals surface area contributed by atoms with Crippen LogP contribution < -0.4 is 6.15 Å². The van der Waals surface area contributed by atoms with E-state index in [0.717, 1.165) is 0 Å². The number of hydrogen-bond acceptors (Lipinski definition) is 2. The second-order valence-electron chi connectivity index (χ2n) is 0.316. The van der Waals surface area contributed by atoms with Crippen LogP contribution in [0.4, 0.5) is 0 Å². The molecule has 0 aromatic heterocycles. The third-order valence-electron chi connectivity index (χ3n) is 0. The second-order valence-corrected chi connectivity index (χ2v) is 0.316. The van der Waals surface area contributed by atoms with Crippen molar-refractivity contribution in [3.63, 3.8) is 0 Å². The van der Waals surface area contributed by atoms with E-state index in [4.69, 9.17) is 5.11 Å². The van der Waals surface area contributed by atoms with Gasteiger partial charge in [0.05, 0.1) is 0 Å². The molecule has 0 heterocycles. The van der Waals surface area contributed by atoms with Crippen LogP contribution in [0.15, 0.2) is 0 Å². The molecule has 0 rings (SSSR count). The van der Waals surface area contributed by atoms with Crippen molar-refractivity contribution in [2.75, 3.05) is 6.61 Å². The Morgan fingerprint density at radius 2 is 1.60 bits per heavy atom. The molecule has 0 amide bonds. The first-order valence-corrected chi connectivity index (χ1v) is 1.02. The Hall–Kier alpha value is 0.426. The van der Waals surface area contributed by atoms with Crippen LogP contribution in [0.5, 0.6) is 0 Å². The molecule has 0 aromatic rings. The average molecular weight is 122 g/mol. The zero-order chi connectivity index (χ0) is 2.71. The smallest absolute Gasteiger partial charge is 0.397 e. The Labute approximate surface area is 42.4 Å². The molecule has 0 unspecified atom stereocenters. The van der Waals surface area contributed by atoms with E-state index in [0.29, 0.717) is 0 Å². The van der Waals surface area contributed by atoms with Crippen LogP contribution in [0.25, 0.3) is 0 Å². The maximum absolute atomic E-state index is 7.57. The zero-order valence-corrected chi connectivity index (χ0v) is 4.24. The molecule has 2 nitrogen and oxygen atoms in total. The SMILES string of the molecule is CCO.N.[Co+2]. The topological polar surface area (TPSA) is 55.2 Å². The molecular formula is C2H9CoNO+2. The van der Waals surface area contributed by atoms with Crippen LogP contribution in [0, 0.1) is 0 Å². The molecule has 1 radical (unpaired) electrons. The summed E-state index contributed by atoms with van der Waals surface area (Å²) in [5.41, 5.74) is 0. The fourth-order valence-corrected chi connectivity index (χ4v) is 0. The van der Waals surface area contributed by atoms with Gasteiger partial charge in [-0.1, -0.05) is 0 Å². The summed E-state index contributed by atoms with van der Waals surface area (Å²) in [4.78, 5) is 0. The Morgan fingerprint density at radius 1 is 1.60 bits per heavy atom. The molecule has 0 aliphatic rings. The van der Waals surface area contributed by atoms with Crippen molar-refractivity contribution < 1.29 is 21.9 Å². The third-order valence-corrected chi connectivity index (χ3v) is 0. The molecular weight excluding hydrogens is 113 g/mol. The minimum absolute atomic E-state index is 0. The Balaban J connectivity index is -0.0000000200. The summed E-state index contributed by atoms with van der Waals surface area (Å²) >= 11 is 0. The summed E-state index contributed by atoms with van der Waals surface area (Å²) in [5, 5.41) is 7.57. The van der Waals surface area contributed by atoms with E-state index in [-0.39, 0.29) is 29.5 Å². The van der Waals surface area contributed by atoms with E-state index in [9.17, 15) is 0 Å². The van der Waals surface area contributed by atoms with Gasteiger partial charge in [0, 0.05) is 6.61 Å². The van der Waals surface area contributed by atoms with Crippen LogP contribution >= 0.6 is 0 Å². The van der Waals surface area contributed by atoms with E-state index >= 15 is 0 Å². The maximum Gasteiger partial charge on any atom is 2.00 e. The first-order valence-electron chi connectivity index (χ1n) is 1.02. The van der Waals surface area contributed by atoms with E-state index in [1.807, 2.05) is 0 Å². The fourth-order valence-electron chi connectivity index (χ4n) is 0. The van der Waals surface area contributed by atoms with E-state index < -0.39 is 0 Å². The number of aliphatic hydroxyl groups is 1. The van der Waals surface area contributed by atoms with Gasteiger partial charge in [-0.3, -0.25) is 0 Å². The Bertz CT molecular complexity index is 9.61. The molecule has 0 atom stereocenters. The summed E-state index contributed by atoms with van der Waals surface area (Å²) in [5.74, 6) is 0. The Morgan fingerprint density at radius 3 is 1.60 bits per heavy atom. The van der Waals surface area contributed by atoms with E-state index in [1.165, 1.54) is 0 Å². The molecule has 3 heteroatoms. The van der Waals surface area contributed by atoms with Gasteiger partial charge in [-0.15, -0.1) is 0 Å². The summed E-state index contributed by atoms with van der Waals surface area (Å²) in [6.45, 7) is 1.93. The van der Waals surface area contributed by atoms with Crippen LogP contribution in [0.3, 0.4) is 0 Å². The molecule has 0 fully saturated rings. The van der Waals surface area contributed by atoms with Crippen molar-refractivity contribution in [1.82, 2.24) is 6.15 Å². The first-order chi connectivity index (χ1) is 1.41. The number of rotatable bonds is 0. The summed E-state index contributed by atoms with van der Waals surface area (Å²) in [7, 11) is 0. The van der Waals surface area contributed by atoms with Gasteiger partial charge in [0.25, 0.3) is 0 Å². The zero-order valence-electron chi connectivity index (χ0n) is 3.19. The third kappa shape index (κ3) is 143. The van der Waals surface area contributed by atoms with Crippen LogP contribution in [0.1, 0.15) is 6.92 Å². The minimum Gasteiger partial charge on any atom is -0.397 e. The van der Waals surface area contributed by atoms with Crippen molar-refractivity contribution >= 4 is 0 Å². The van der Waals surface area contributed by atoms with Crippen LogP contribution in [-0.2, 0) is 16.8 Å². The molecule has 0 saturated heterocycles. The van der Waals surface area contributed by atoms with Crippen molar-refractivity contribution in [2.45, 2.75) is 6.92 Å². The molecule has 5 heavy (non-hydrogen) atoms. The molecule has 0 spiro atoms. The summed E-state index contributed by atoms with van der Waals surface area (Å²) < 4.78 is 0. The molecule has 0 aromatic carbocycles. The molecule has 35 valence electrons. The van der Waals surface area contributed by atoms with Crippen molar-refractivity contribution in [3.8, 4) is 0 Å². The summed E-state index contributed by atoms with van der Waals surface area (Å²) in [6, 6.07) is 0. The van der Waals surface area contributed by atoms with Crippen LogP contribution in [-0.4, -0.2) is 11.7 Å². The van der Waals surface area contributed by atoms with Gasteiger partial charge in [0.1, 0.15) is 0 Å². The number of hydrogen-bond donors (Lipinski definition) is 2. The largest absolute Gasteiger partial charge is 2.00 e. The first kappa shape index (κ1) is 18.1.